The second-order valence-electron chi connectivity index (χ2n) is 4.95. The Morgan fingerprint density at radius 1 is 1.25 bits per heavy atom. The summed E-state index contributed by atoms with van der Waals surface area (Å²) < 4.78 is 0. The Morgan fingerprint density at radius 2 is 2.05 bits per heavy atom. The molecular weight excluding hydrogens is 252 g/mol. The van der Waals surface area contributed by atoms with Gasteiger partial charge in [-0.2, -0.15) is 0 Å². The molecule has 1 amide bonds. The number of hydrogen-bond donors (Lipinski definition) is 2. The van der Waals surface area contributed by atoms with Crippen LogP contribution in [0.1, 0.15) is 28.9 Å². The van der Waals surface area contributed by atoms with Gasteiger partial charge in [0.2, 0.25) is 5.95 Å². The van der Waals surface area contributed by atoms with E-state index in [-0.39, 0.29) is 5.91 Å². The van der Waals surface area contributed by atoms with Crippen LogP contribution in [0.4, 0.5) is 11.6 Å². The minimum absolute atomic E-state index is 0.136. The number of carbonyl (C=O) groups excluding carboxylic acids is 1. The summed E-state index contributed by atoms with van der Waals surface area (Å²) >= 11 is 0. The first-order chi connectivity index (χ1) is 9.72. The van der Waals surface area contributed by atoms with Crippen molar-refractivity contribution >= 4 is 17.5 Å². The van der Waals surface area contributed by atoms with Gasteiger partial charge < -0.3 is 10.6 Å². The molecule has 102 valence electrons. The number of benzene rings is 1. The molecule has 5 heteroatoms. The van der Waals surface area contributed by atoms with E-state index in [1.54, 1.807) is 12.3 Å². The molecule has 0 saturated heterocycles. The monoisotopic (exact) mass is 268 g/mol. The first-order valence-electron chi connectivity index (χ1n) is 6.69. The number of carbonyl (C=O) groups is 1. The van der Waals surface area contributed by atoms with Crippen LogP contribution in [0.2, 0.25) is 0 Å². The molecule has 0 spiro atoms. The molecule has 1 aromatic carbocycles. The smallest absolute Gasteiger partial charge is 0.270 e. The van der Waals surface area contributed by atoms with Crippen LogP contribution >= 0.6 is 0 Å². The van der Waals surface area contributed by atoms with Crippen molar-refractivity contribution in [1.29, 1.82) is 0 Å². The highest BCUT2D eigenvalue weighted by Gasteiger charge is 2.24. The van der Waals surface area contributed by atoms with Crippen molar-refractivity contribution in [2.75, 3.05) is 5.32 Å². The number of aromatic nitrogens is 2. The molecule has 1 saturated carbocycles. The molecule has 20 heavy (non-hydrogen) atoms. The van der Waals surface area contributed by atoms with Crippen LogP contribution in [0.5, 0.6) is 0 Å². The van der Waals surface area contributed by atoms with E-state index in [4.69, 9.17) is 0 Å². The quantitative estimate of drug-likeness (QED) is 0.893. The van der Waals surface area contributed by atoms with E-state index in [1.165, 1.54) is 0 Å². The maximum Gasteiger partial charge on any atom is 0.270 e. The van der Waals surface area contributed by atoms with Gasteiger partial charge in [0.15, 0.2) is 0 Å². The SMILES string of the molecule is Cc1ccccc1Nc1nccc(C(=O)NC2CC2)n1. The number of nitrogens with zero attached hydrogens (tertiary/aromatic N) is 2. The van der Waals surface area contributed by atoms with Gasteiger partial charge in [-0.3, -0.25) is 4.79 Å². The summed E-state index contributed by atoms with van der Waals surface area (Å²) in [5.41, 5.74) is 2.43. The zero-order valence-corrected chi connectivity index (χ0v) is 11.3. The fourth-order valence-electron chi connectivity index (χ4n) is 1.87. The number of hydrogen-bond acceptors (Lipinski definition) is 4. The summed E-state index contributed by atoms with van der Waals surface area (Å²) in [6.45, 7) is 2.01. The Morgan fingerprint density at radius 3 is 2.80 bits per heavy atom. The van der Waals surface area contributed by atoms with Gasteiger partial charge in [-0.25, -0.2) is 9.97 Å². The maximum atomic E-state index is 11.9. The molecule has 1 aromatic heterocycles. The highest BCUT2D eigenvalue weighted by molar-refractivity contribution is 5.92. The normalized spacial score (nSPS) is 13.8. The predicted molar refractivity (Wildman–Crippen MR) is 77.0 cm³/mol. The van der Waals surface area contributed by atoms with Gasteiger partial charge in [-0.15, -0.1) is 0 Å². The molecular formula is C15H16N4O. The highest BCUT2D eigenvalue weighted by Crippen LogP contribution is 2.20. The molecule has 3 rings (SSSR count). The highest BCUT2D eigenvalue weighted by atomic mass is 16.2. The number of para-hydroxylation sites is 1. The van der Waals surface area contributed by atoms with E-state index >= 15 is 0 Å². The van der Waals surface area contributed by atoms with Crippen molar-refractivity contribution in [3.05, 3.63) is 47.8 Å². The van der Waals surface area contributed by atoms with Gasteiger partial charge >= 0.3 is 0 Å². The summed E-state index contributed by atoms with van der Waals surface area (Å²) in [6.07, 6.45) is 3.71. The van der Waals surface area contributed by atoms with Gasteiger partial charge in [0.25, 0.3) is 5.91 Å². The summed E-state index contributed by atoms with van der Waals surface area (Å²) in [6, 6.07) is 9.83. The lowest BCUT2D eigenvalue weighted by Gasteiger charge is -2.08. The predicted octanol–water partition coefficient (Wildman–Crippen LogP) is 2.42. The molecule has 5 nitrogen and oxygen atoms in total. The first kappa shape index (κ1) is 12.6. The molecule has 1 fully saturated rings. The van der Waals surface area contributed by atoms with Crippen molar-refractivity contribution in [1.82, 2.24) is 15.3 Å². The molecule has 1 aliphatic carbocycles. The minimum atomic E-state index is -0.136. The van der Waals surface area contributed by atoms with Gasteiger partial charge in [-0.05, 0) is 37.5 Å². The number of anilines is 2. The largest absolute Gasteiger partial charge is 0.348 e. The molecule has 0 unspecified atom stereocenters. The van der Waals surface area contributed by atoms with Crippen LogP contribution in [0, 0.1) is 6.92 Å². The van der Waals surface area contributed by atoms with Crippen molar-refractivity contribution in [3.8, 4) is 0 Å². The average Bonchev–Trinajstić information content (AvgIpc) is 3.26. The molecule has 0 radical (unpaired) electrons. The summed E-state index contributed by atoms with van der Waals surface area (Å²) in [5.74, 6) is 0.297. The lowest BCUT2D eigenvalue weighted by Crippen LogP contribution is -2.26. The van der Waals surface area contributed by atoms with E-state index in [0.29, 0.717) is 17.7 Å². The lowest BCUT2D eigenvalue weighted by molar-refractivity contribution is 0.0946. The van der Waals surface area contributed by atoms with Crippen LogP contribution in [0.25, 0.3) is 0 Å². The summed E-state index contributed by atoms with van der Waals surface area (Å²) in [7, 11) is 0. The van der Waals surface area contributed by atoms with Gasteiger partial charge in [0.05, 0.1) is 0 Å². The summed E-state index contributed by atoms with van der Waals surface area (Å²) in [5, 5.41) is 6.05. The van der Waals surface area contributed by atoms with Gasteiger partial charge in [0.1, 0.15) is 5.69 Å². The third-order valence-electron chi connectivity index (χ3n) is 3.19. The Bertz CT molecular complexity index is 637. The third-order valence-corrected chi connectivity index (χ3v) is 3.19. The topological polar surface area (TPSA) is 66.9 Å². The summed E-state index contributed by atoms with van der Waals surface area (Å²) in [4.78, 5) is 20.3. The van der Waals surface area contributed by atoms with E-state index in [9.17, 15) is 4.79 Å². The Hall–Kier alpha value is -2.43. The van der Waals surface area contributed by atoms with E-state index in [0.717, 1.165) is 24.1 Å². The molecule has 1 heterocycles. The maximum absolute atomic E-state index is 11.9. The molecule has 0 aliphatic heterocycles. The van der Waals surface area contributed by atoms with Crippen molar-refractivity contribution in [2.45, 2.75) is 25.8 Å². The third kappa shape index (κ3) is 2.93. The van der Waals surface area contributed by atoms with Gasteiger partial charge in [-0.1, -0.05) is 18.2 Å². The average molecular weight is 268 g/mol. The van der Waals surface area contributed by atoms with Crippen LogP contribution < -0.4 is 10.6 Å². The van der Waals surface area contributed by atoms with E-state index < -0.39 is 0 Å². The second-order valence-corrected chi connectivity index (χ2v) is 4.95. The van der Waals surface area contributed by atoms with Crippen molar-refractivity contribution < 1.29 is 4.79 Å². The van der Waals surface area contributed by atoms with Crippen LogP contribution in [-0.2, 0) is 0 Å². The number of amides is 1. The zero-order chi connectivity index (χ0) is 13.9. The molecule has 2 aromatic rings. The lowest BCUT2D eigenvalue weighted by atomic mass is 10.2. The second kappa shape index (κ2) is 5.28. The number of rotatable bonds is 4. The molecule has 0 bridgehead atoms. The Kier molecular flexibility index (Phi) is 3.33. The number of aryl methyl sites for hydroxylation is 1. The first-order valence-corrected chi connectivity index (χ1v) is 6.69. The Balaban J connectivity index is 1.77. The van der Waals surface area contributed by atoms with Crippen LogP contribution in [0.15, 0.2) is 36.5 Å². The van der Waals surface area contributed by atoms with E-state index in [2.05, 4.69) is 20.6 Å². The molecule has 2 N–H and O–H groups in total. The van der Waals surface area contributed by atoms with E-state index in [1.807, 2.05) is 31.2 Å². The molecule has 0 atom stereocenters. The fraction of sp³-hybridized carbons (Fsp3) is 0.267. The van der Waals surface area contributed by atoms with Crippen molar-refractivity contribution in [3.63, 3.8) is 0 Å². The van der Waals surface area contributed by atoms with Crippen molar-refractivity contribution in [2.24, 2.45) is 0 Å². The zero-order valence-electron chi connectivity index (χ0n) is 11.3. The molecule has 1 aliphatic rings. The minimum Gasteiger partial charge on any atom is -0.348 e. The van der Waals surface area contributed by atoms with Crippen LogP contribution in [0.3, 0.4) is 0 Å². The van der Waals surface area contributed by atoms with Crippen LogP contribution in [-0.4, -0.2) is 21.9 Å². The van der Waals surface area contributed by atoms with Gasteiger partial charge in [0, 0.05) is 17.9 Å². The standard InChI is InChI=1S/C15H16N4O/c1-10-4-2-3-5-12(10)18-15-16-9-8-13(19-15)14(20)17-11-6-7-11/h2-5,8-9,11H,6-7H2,1H3,(H,17,20)(H,16,18,19). The number of nitrogens with one attached hydrogen (secondary N) is 2. The fourth-order valence-corrected chi connectivity index (χ4v) is 1.87. The Labute approximate surface area is 117 Å².